The highest BCUT2D eigenvalue weighted by atomic mass is 16.5. The predicted molar refractivity (Wildman–Crippen MR) is 166 cm³/mol. The first-order chi connectivity index (χ1) is 21.0. The highest BCUT2D eigenvalue weighted by Gasteiger charge is 2.27. The molecule has 218 valence electrons. The van der Waals surface area contributed by atoms with Crippen molar-refractivity contribution in [3.63, 3.8) is 0 Å². The quantitative estimate of drug-likeness (QED) is 0.321. The average molecular weight is 577 g/mol. The fraction of sp³-hybridized carbons (Fsp3) is 0.312. The summed E-state index contributed by atoms with van der Waals surface area (Å²) in [5.41, 5.74) is 3.81. The monoisotopic (exact) mass is 576 g/mol. The molecule has 1 unspecified atom stereocenters. The van der Waals surface area contributed by atoms with E-state index in [9.17, 15) is 9.59 Å². The summed E-state index contributed by atoms with van der Waals surface area (Å²) in [5.74, 6) is 0.976. The number of aromatic nitrogens is 5. The maximum atomic E-state index is 13.6. The third kappa shape index (κ3) is 4.38. The van der Waals surface area contributed by atoms with Crippen LogP contribution in [-0.4, -0.2) is 68.0 Å². The Morgan fingerprint density at radius 3 is 2.86 bits per heavy atom. The van der Waals surface area contributed by atoms with Crippen LogP contribution in [0.25, 0.3) is 27.6 Å². The molecule has 43 heavy (non-hydrogen) atoms. The Labute approximate surface area is 247 Å². The van der Waals surface area contributed by atoms with Gasteiger partial charge in [0.05, 0.1) is 17.9 Å². The highest BCUT2D eigenvalue weighted by molar-refractivity contribution is 5.98. The van der Waals surface area contributed by atoms with Crippen LogP contribution in [0.15, 0.2) is 71.8 Å². The average Bonchev–Trinajstić information content (AvgIpc) is 3.70. The first-order valence-electron chi connectivity index (χ1n) is 14.8. The van der Waals surface area contributed by atoms with Crippen LogP contribution in [0.5, 0.6) is 5.75 Å². The van der Waals surface area contributed by atoms with Crippen LogP contribution in [0.1, 0.15) is 25.3 Å². The molecule has 0 saturated carbocycles. The number of carbonyl (C=O) groups is 1. The third-order valence-electron chi connectivity index (χ3n) is 8.74. The van der Waals surface area contributed by atoms with Crippen LogP contribution in [-0.2, 0) is 11.3 Å². The molecule has 1 amide bonds. The maximum Gasteiger partial charge on any atom is 0.278 e. The molecule has 0 aliphatic carbocycles. The van der Waals surface area contributed by atoms with Gasteiger partial charge >= 0.3 is 0 Å². The van der Waals surface area contributed by atoms with Crippen molar-refractivity contribution in [2.45, 2.75) is 31.8 Å². The van der Waals surface area contributed by atoms with Crippen molar-refractivity contribution in [2.24, 2.45) is 0 Å². The van der Waals surface area contributed by atoms with E-state index in [-0.39, 0.29) is 18.1 Å². The van der Waals surface area contributed by atoms with Gasteiger partial charge in [0.2, 0.25) is 5.95 Å². The zero-order chi connectivity index (χ0) is 29.1. The molecule has 6 heterocycles. The van der Waals surface area contributed by atoms with Crippen molar-refractivity contribution in [3.05, 3.63) is 77.4 Å². The topological polar surface area (TPSA) is 102 Å². The van der Waals surface area contributed by atoms with Crippen LogP contribution in [0, 0.1) is 0 Å². The molecule has 1 saturated heterocycles. The number of carbonyl (C=O) groups excluding carboxylic acids is 1. The summed E-state index contributed by atoms with van der Waals surface area (Å²) in [6.45, 7) is 3.18. The van der Waals surface area contributed by atoms with Crippen molar-refractivity contribution < 1.29 is 9.53 Å². The first kappa shape index (κ1) is 25.8. The van der Waals surface area contributed by atoms with Gasteiger partial charge in [-0.1, -0.05) is 12.2 Å². The van der Waals surface area contributed by atoms with E-state index in [1.807, 2.05) is 35.0 Å². The Balaban J connectivity index is 1.20. The van der Waals surface area contributed by atoms with Gasteiger partial charge in [0.1, 0.15) is 11.1 Å². The molecule has 2 bridgehead atoms. The zero-order valence-corrected chi connectivity index (χ0v) is 23.9. The van der Waals surface area contributed by atoms with Gasteiger partial charge in [0.25, 0.3) is 11.5 Å². The Morgan fingerprint density at radius 1 is 1.05 bits per heavy atom. The van der Waals surface area contributed by atoms with Gasteiger partial charge in [-0.25, -0.2) is 14.3 Å². The number of hydrogen-bond acceptors (Lipinski definition) is 7. The number of benzene rings is 2. The van der Waals surface area contributed by atoms with Gasteiger partial charge in [-0.15, -0.1) is 0 Å². The molecular formula is C32H32N8O3. The lowest BCUT2D eigenvalue weighted by Gasteiger charge is -2.30. The van der Waals surface area contributed by atoms with E-state index in [2.05, 4.69) is 57.3 Å². The molecule has 1 fully saturated rings. The van der Waals surface area contributed by atoms with Crippen LogP contribution in [0.2, 0.25) is 0 Å². The largest absolute Gasteiger partial charge is 0.482 e. The van der Waals surface area contributed by atoms with E-state index in [1.165, 1.54) is 5.52 Å². The summed E-state index contributed by atoms with van der Waals surface area (Å²) in [6, 6.07) is 14.6. The number of likely N-dealkylation sites (tertiary alicyclic amines) is 1. The number of hydrogen-bond donors (Lipinski definition) is 1. The summed E-state index contributed by atoms with van der Waals surface area (Å²) in [5, 5.41) is 4.92. The van der Waals surface area contributed by atoms with Crippen molar-refractivity contribution in [1.82, 2.24) is 28.8 Å². The molecule has 11 heteroatoms. The molecule has 1 atom stereocenters. The minimum Gasteiger partial charge on any atom is -0.482 e. The number of ether oxygens (including phenoxy) is 1. The third-order valence-corrected chi connectivity index (χ3v) is 8.74. The molecule has 3 aliphatic rings. The molecule has 5 aromatic rings. The van der Waals surface area contributed by atoms with Gasteiger partial charge in [0.15, 0.2) is 12.3 Å². The summed E-state index contributed by atoms with van der Waals surface area (Å²) in [7, 11) is 2.17. The number of rotatable bonds is 3. The lowest BCUT2D eigenvalue weighted by Crippen LogP contribution is -2.39. The molecular weight excluding hydrogens is 544 g/mol. The first-order valence-corrected chi connectivity index (χ1v) is 14.8. The molecule has 1 N–H and O–H groups in total. The Hall–Kier alpha value is -4.90. The van der Waals surface area contributed by atoms with E-state index in [1.54, 1.807) is 15.8 Å². The Kier molecular flexibility index (Phi) is 6.07. The van der Waals surface area contributed by atoms with Crippen LogP contribution >= 0.6 is 0 Å². The summed E-state index contributed by atoms with van der Waals surface area (Å²) < 4.78 is 11.6. The van der Waals surface area contributed by atoms with Gasteiger partial charge in [-0.2, -0.15) is 4.98 Å². The minimum atomic E-state index is -0.175. The fourth-order valence-electron chi connectivity index (χ4n) is 6.57. The van der Waals surface area contributed by atoms with E-state index < -0.39 is 0 Å². The zero-order valence-electron chi connectivity index (χ0n) is 23.9. The Morgan fingerprint density at radius 2 is 1.98 bits per heavy atom. The van der Waals surface area contributed by atoms with Crippen molar-refractivity contribution in [1.29, 1.82) is 0 Å². The van der Waals surface area contributed by atoms with Gasteiger partial charge in [-0.3, -0.25) is 9.59 Å². The van der Waals surface area contributed by atoms with Gasteiger partial charge < -0.3 is 24.4 Å². The van der Waals surface area contributed by atoms with Gasteiger partial charge in [0, 0.05) is 48.1 Å². The van der Waals surface area contributed by atoms with E-state index in [0.29, 0.717) is 53.2 Å². The summed E-state index contributed by atoms with van der Waals surface area (Å²) >= 11 is 0. The van der Waals surface area contributed by atoms with Crippen molar-refractivity contribution in [2.75, 3.05) is 43.5 Å². The smallest absolute Gasteiger partial charge is 0.278 e. The predicted octanol–water partition coefficient (Wildman–Crippen LogP) is 4.23. The lowest BCUT2D eigenvalue weighted by atomic mass is 10.1. The number of nitrogens with one attached hydrogen (secondary N) is 1. The molecule has 0 spiro atoms. The van der Waals surface area contributed by atoms with Crippen molar-refractivity contribution in [3.8, 4) is 11.4 Å². The molecule has 3 aliphatic heterocycles. The minimum absolute atomic E-state index is 0.0238. The number of fused-ring (bicyclic) bond motifs is 6. The molecule has 2 aromatic carbocycles. The number of anilines is 3. The van der Waals surface area contributed by atoms with Gasteiger partial charge in [-0.05, 0) is 75.3 Å². The molecule has 11 nitrogen and oxygen atoms in total. The van der Waals surface area contributed by atoms with Crippen LogP contribution < -0.4 is 20.5 Å². The molecule has 3 aromatic heterocycles. The second kappa shape index (κ2) is 10.1. The van der Waals surface area contributed by atoms with Crippen molar-refractivity contribution >= 4 is 45.2 Å². The standard InChI is InChI=1S/C32H32N8O3/c1-36-14-11-24(19-36)37-15-10-21-16-22(6-8-26(21)37)34-32-33-18-25-30(35-32)40-23-7-9-28-27(17-23)38(29(41)20-43-28)12-4-2-3-5-13-39(40)31(25)42/h3,5-10,15-18,24H,2,4,11-14,19-20H2,1H3,(H,33,34,35)/b5-3-. The maximum absolute atomic E-state index is 13.6. The Bertz CT molecular complexity index is 1990. The molecule has 8 rings (SSSR count). The normalized spacial score (nSPS) is 19.6. The number of amides is 1. The number of allylic oxidation sites excluding steroid dienone is 2. The lowest BCUT2D eigenvalue weighted by molar-refractivity contribution is -0.121. The second-order valence-electron chi connectivity index (χ2n) is 11.6. The van der Waals surface area contributed by atoms with Crippen LogP contribution in [0.4, 0.5) is 17.3 Å². The highest BCUT2D eigenvalue weighted by Crippen LogP contribution is 2.35. The van der Waals surface area contributed by atoms with E-state index in [4.69, 9.17) is 9.72 Å². The summed E-state index contributed by atoms with van der Waals surface area (Å²) in [6.07, 6.45) is 10.6. The summed E-state index contributed by atoms with van der Waals surface area (Å²) in [4.78, 5) is 39.9. The number of nitrogens with zero attached hydrogens (tertiary/aromatic N) is 7. The second-order valence-corrected chi connectivity index (χ2v) is 11.6. The SMILES string of the molecule is CN1CCC(n2ccc3cc(Nc4ncc5c(=O)n6n(c5n4)-c4ccc5c(c4)N(CCC/C=C\C6)C(=O)CO5)ccc32)C1. The molecule has 0 radical (unpaired) electrons. The van der Waals surface area contributed by atoms with E-state index >= 15 is 0 Å². The fourth-order valence-corrected chi connectivity index (χ4v) is 6.57. The van der Waals surface area contributed by atoms with E-state index in [0.717, 1.165) is 43.4 Å². The van der Waals surface area contributed by atoms with Crippen LogP contribution in [0.3, 0.4) is 0 Å². The number of likely N-dealkylation sites (N-methyl/N-ethyl adjacent to an activating group) is 1.